The van der Waals surface area contributed by atoms with Crippen LogP contribution in [-0.4, -0.2) is 50.5 Å². The van der Waals surface area contributed by atoms with Crippen molar-refractivity contribution >= 4 is 6.09 Å². The molecular weight excluding hydrogens is 306 g/mol. The molecule has 3 rings (SSSR count). The van der Waals surface area contributed by atoms with Gasteiger partial charge in [0.2, 0.25) is 0 Å². The van der Waals surface area contributed by atoms with Crippen LogP contribution in [0.3, 0.4) is 0 Å². The van der Waals surface area contributed by atoms with E-state index in [1.165, 1.54) is 19.3 Å². The lowest BCUT2D eigenvalue weighted by atomic mass is 10.2. The van der Waals surface area contributed by atoms with E-state index in [-0.39, 0.29) is 12.1 Å². The highest BCUT2D eigenvalue weighted by Gasteiger charge is 2.29. The molecular formula is C17H29N5O2. The molecule has 24 heavy (non-hydrogen) atoms. The van der Waals surface area contributed by atoms with Crippen molar-refractivity contribution in [2.24, 2.45) is 0 Å². The molecule has 7 nitrogen and oxygen atoms in total. The van der Waals surface area contributed by atoms with E-state index in [0.29, 0.717) is 13.1 Å². The number of nitrogens with one attached hydrogen (secondary N) is 1. The van der Waals surface area contributed by atoms with Crippen molar-refractivity contribution in [1.82, 2.24) is 25.0 Å². The van der Waals surface area contributed by atoms with Crippen LogP contribution >= 0.6 is 0 Å². The van der Waals surface area contributed by atoms with E-state index in [2.05, 4.69) is 20.1 Å². The number of hydrogen-bond acceptors (Lipinski definition) is 5. The summed E-state index contributed by atoms with van der Waals surface area (Å²) in [4.78, 5) is 13.9. The van der Waals surface area contributed by atoms with Gasteiger partial charge < -0.3 is 19.5 Å². The van der Waals surface area contributed by atoms with Gasteiger partial charge in [-0.3, -0.25) is 0 Å². The summed E-state index contributed by atoms with van der Waals surface area (Å²) in [6.07, 6.45) is 5.43. The minimum absolute atomic E-state index is 0.219. The number of carbonyl (C=O) groups is 1. The van der Waals surface area contributed by atoms with Crippen molar-refractivity contribution in [3.8, 4) is 0 Å². The normalized spacial score (nSPS) is 21.5. The van der Waals surface area contributed by atoms with Crippen LogP contribution in [0.5, 0.6) is 0 Å². The summed E-state index contributed by atoms with van der Waals surface area (Å²) < 4.78 is 7.71. The summed E-state index contributed by atoms with van der Waals surface area (Å²) in [5.74, 6) is 2.13. The number of rotatable bonds is 3. The fraction of sp³-hybridized carbons (Fsp3) is 0.824. The molecule has 1 amide bonds. The zero-order chi connectivity index (χ0) is 17.2. The van der Waals surface area contributed by atoms with E-state index in [1.54, 1.807) is 4.90 Å². The Labute approximate surface area is 143 Å². The van der Waals surface area contributed by atoms with Crippen molar-refractivity contribution in [3.05, 3.63) is 11.6 Å². The maximum atomic E-state index is 12.1. The summed E-state index contributed by atoms with van der Waals surface area (Å²) in [6, 6.07) is 0.288. The van der Waals surface area contributed by atoms with Gasteiger partial charge in [0.25, 0.3) is 0 Å². The van der Waals surface area contributed by atoms with Gasteiger partial charge in [-0.15, -0.1) is 10.2 Å². The van der Waals surface area contributed by atoms with E-state index < -0.39 is 5.60 Å². The van der Waals surface area contributed by atoms with Crippen LogP contribution < -0.4 is 5.32 Å². The smallest absolute Gasteiger partial charge is 0.410 e. The number of fused-ring (bicyclic) bond motifs is 1. The van der Waals surface area contributed by atoms with Crippen LogP contribution in [0.15, 0.2) is 0 Å². The van der Waals surface area contributed by atoms with Crippen molar-refractivity contribution in [2.75, 3.05) is 13.1 Å². The summed E-state index contributed by atoms with van der Waals surface area (Å²) in [5.41, 5.74) is -0.443. The van der Waals surface area contributed by atoms with E-state index >= 15 is 0 Å². The van der Waals surface area contributed by atoms with Crippen LogP contribution in [-0.2, 0) is 24.2 Å². The Kier molecular flexibility index (Phi) is 5.08. The molecule has 1 N–H and O–H groups in total. The van der Waals surface area contributed by atoms with Gasteiger partial charge in [0, 0.05) is 32.1 Å². The second-order valence-electron chi connectivity index (χ2n) is 7.79. The number of likely N-dealkylation sites (tertiary alicyclic amines) is 1. The minimum Gasteiger partial charge on any atom is -0.444 e. The van der Waals surface area contributed by atoms with Crippen LogP contribution in [0.1, 0.15) is 58.1 Å². The van der Waals surface area contributed by atoms with E-state index in [4.69, 9.17) is 4.74 Å². The predicted octanol–water partition coefficient (Wildman–Crippen LogP) is 2.10. The number of aryl methyl sites for hydroxylation is 1. The number of carbonyl (C=O) groups excluding carboxylic acids is 1. The second-order valence-corrected chi connectivity index (χ2v) is 7.79. The first-order chi connectivity index (χ1) is 11.4. The standard InChI is InChI=1S/C17H29N5O2/c1-17(2,3)24-16(23)21-10-8-13(12-21)18-11-15-20-19-14-7-5-4-6-9-22(14)15/h13,18H,4-12H2,1-3H3/t13-/m1/s1. The summed E-state index contributed by atoms with van der Waals surface area (Å²) in [6.45, 7) is 8.85. The summed E-state index contributed by atoms with van der Waals surface area (Å²) in [7, 11) is 0. The topological polar surface area (TPSA) is 72.3 Å². The highest BCUT2D eigenvalue weighted by atomic mass is 16.6. The molecule has 0 unspecified atom stereocenters. The number of nitrogens with zero attached hydrogens (tertiary/aromatic N) is 4. The Morgan fingerprint density at radius 3 is 2.88 bits per heavy atom. The molecule has 2 aliphatic rings. The van der Waals surface area contributed by atoms with E-state index in [0.717, 1.165) is 37.6 Å². The van der Waals surface area contributed by atoms with Crippen molar-refractivity contribution in [1.29, 1.82) is 0 Å². The molecule has 0 bridgehead atoms. The van der Waals surface area contributed by atoms with Gasteiger partial charge in [0.1, 0.15) is 17.2 Å². The zero-order valence-corrected chi connectivity index (χ0v) is 15.0. The molecule has 1 aromatic rings. The van der Waals surface area contributed by atoms with Gasteiger partial charge in [0.05, 0.1) is 6.54 Å². The second kappa shape index (κ2) is 7.09. The van der Waals surface area contributed by atoms with Crippen LogP contribution in [0, 0.1) is 0 Å². The van der Waals surface area contributed by atoms with Gasteiger partial charge in [-0.1, -0.05) is 6.42 Å². The first kappa shape index (κ1) is 17.2. The number of aromatic nitrogens is 3. The Bertz CT molecular complexity index is 578. The van der Waals surface area contributed by atoms with Gasteiger partial charge in [-0.25, -0.2) is 4.79 Å². The lowest BCUT2D eigenvalue weighted by molar-refractivity contribution is 0.0291. The van der Waals surface area contributed by atoms with Crippen molar-refractivity contribution in [2.45, 2.75) is 77.6 Å². The van der Waals surface area contributed by atoms with Crippen molar-refractivity contribution in [3.63, 3.8) is 0 Å². The lowest BCUT2D eigenvalue weighted by Crippen LogP contribution is -2.38. The lowest BCUT2D eigenvalue weighted by Gasteiger charge is -2.24. The number of amides is 1. The SMILES string of the molecule is CC(C)(C)OC(=O)N1CC[C@@H](NCc2nnc3n2CCCCC3)C1. The molecule has 0 aliphatic carbocycles. The largest absolute Gasteiger partial charge is 0.444 e. The Morgan fingerprint density at radius 1 is 1.25 bits per heavy atom. The van der Waals surface area contributed by atoms with Crippen LogP contribution in [0.4, 0.5) is 4.79 Å². The fourth-order valence-corrected chi connectivity index (χ4v) is 3.33. The average molecular weight is 335 g/mol. The molecule has 1 fully saturated rings. The average Bonchev–Trinajstić information content (AvgIpc) is 3.05. The zero-order valence-electron chi connectivity index (χ0n) is 15.0. The Morgan fingerprint density at radius 2 is 2.08 bits per heavy atom. The van der Waals surface area contributed by atoms with Gasteiger partial charge in [0.15, 0.2) is 0 Å². The third kappa shape index (κ3) is 4.26. The molecule has 7 heteroatoms. The third-order valence-corrected chi connectivity index (χ3v) is 4.57. The first-order valence-corrected chi connectivity index (χ1v) is 9.04. The quantitative estimate of drug-likeness (QED) is 0.916. The molecule has 3 heterocycles. The highest BCUT2D eigenvalue weighted by molar-refractivity contribution is 5.68. The minimum atomic E-state index is -0.443. The molecule has 134 valence electrons. The highest BCUT2D eigenvalue weighted by Crippen LogP contribution is 2.17. The molecule has 1 atom stereocenters. The molecule has 1 aromatic heterocycles. The van der Waals surface area contributed by atoms with Crippen LogP contribution in [0.25, 0.3) is 0 Å². The maximum Gasteiger partial charge on any atom is 0.410 e. The predicted molar refractivity (Wildman–Crippen MR) is 90.6 cm³/mol. The van der Waals surface area contributed by atoms with E-state index in [1.807, 2.05) is 20.8 Å². The molecule has 0 spiro atoms. The number of hydrogen-bond donors (Lipinski definition) is 1. The summed E-state index contributed by atoms with van der Waals surface area (Å²) >= 11 is 0. The van der Waals surface area contributed by atoms with Gasteiger partial charge in [-0.2, -0.15) is 0 Å². The number of ether oxygens (including phenoxy) is 1. The monoisotopic (exact) mass is 335 g/mol. The summed E-state index contributed by atoms with van der Waals surface area (Å²) in [5, 5.41) is 12.2. The van der Waals surface area contributed by atoms with Crippen molar-refractivity contribution < 1.29 is 9.53 Å². The maximum absolute atomic E-state index is 12.1. The van der Waals surface area contributed by atoms with E-state index in [9.17, 15) is 4.79 Å². The Hall–Kier alpha value is -1.63. The third-order valence-electron chi connectivity index (χ3n) is 4.57. The Balaban J connectivity index is 1.50. The molecule has 0 saturated carbocycles. The van der Waals surface area contributed by atoms with Gasteiger partial charge in [-0.05, 0) is 40.0 Å². The molecule has 0 aromatic carbocycles. The fourth-order valence-electron chi connectivity index (χ4n) is 3.33. The molecule has 1 saturated heterocycles. The first-order valence-electron chi connectivity index (χ1n) is 9.04. The van der Waals surface area contributed by atoms with Gasteiger partial charge >= 0.3 is 6.09 Å². The van der Waals surface area contributed by atoms with Crippen LogP contribution in [0.2, 0.25) is 0 Å². The molecule has 2 aliphatic heterocycles. The molecule has 0 radical (unpaired) electrons.